The van der Waals surface area contributed by atoms with Crippen molar-refractivity contribution in [3.8, 4) is 17.6 Å². The van der Waals surface area contributed by atoms with Crippen molar-refractivity contribution in [2.24, 2.45) is 0 Å². The van der Waals surface area contributed by atoms with Crippen molar-refractivity contribution in [3.63, 3.8) is 0 Å². The Hall–Kier alpha value is -2.53. The molecule has 0 fully saturated rings. The lowest BCUT2D eigenvalue weighted by molar-refractivity contribution is -0.145. The smallest absolute Gasteiger partial charge is 0.344 e. The van der Waals surface area contributed by atoms with Crippen molar-refractivity contribution >= 4 is 33.9 Å². The SMILES string of the molecule is CCOC(=O)COc1cc(Br)c(/C=C(/C#N)C(=O)NC(C)C)cc1OC. The first kappa shape index (κ1) is 21.5. The molecule has 0 aliphatic carbocycles. The number of amides is 1. The van der Waals surface area contributed by atoms with Gasteiger partial charge in [-0.25, -0.2) is 4.79 Å². The minimum absolute atomic E-state index is 0.0401. The Bertz CT molecular complexity index is 738. The fourth-order valence-electron chi connectivity index (χ4n) is 1.92. The maximum atomic E-state index is 12.0. The number of nitrogens with one attached hydrogen (secondary N) is 1. The van der Waals surface area contributed by atoms with Crippen LogP contribution in [0.2, 0.25) is 0 Å². The summed E-state index contributed by atoms with van der Waals surface area (Å²) in [4.78, 5) is 23.5. The molecule has 1 rings (SSSR count). The van der Waals surface area contributed by atoms with Crippen LogP contribution in [-0.2, 0) is 14.3 Å². The number of hydrogen-bond donors (Lipinski definition) is 1. The zero-order valence-electron chi connectivity index (χ0n) is 15.1. The number of nitriles is 1. The molecular weight excluding hydrogens is 404 g/mol. The van der Waals surface area contributed by atoms with Crippen LogP contribution in [0.15, 0.2) is 22.2 Å². The number of rotatable bonds is 8. The molecule has 0 spiro atoms. The quantitative estimate of drug-likeness (QED) is 0.391. The summed E-state index contributed by atoms with van der Waals surface area (Å²) >= 11 is 3.37. The summed E-state index contributed by atoms with van der Waals surface area (Å²) in [5.74, 6) is -0.275. The molecule has 0 bridgehead atoms. The monoisotopic (exact) mass is 424 g/mol. The summed E-state index contributed by atoms with van der Waals surface area (Å²) in [5.41, 5.74) is 0.516. The van der Waals surface area contributed by atoms with Gasteiger partial charge in [-0.3, -0.25) is 4.79 Å². The first-order valence-electron chi connectivity index (χ1n) is 7.90. The maximum absolute atomic E-state index is 12.0. The highest BCUT2D eigenvalue weighted by Gasteiger charge is 2.15. The predicted octanol–water partition coefficient (Wildman–Crippen LogP) is 2.83. The number of methoxy groups -OCH3 is 1. The lowest BCUT2D eigenvalue weighted by Gasteiger charge is -2.13. The minimum atomic E-state index is -0.494. The molecule has 1 aromatic rings. The minimum Gasteiger partial charge on any atom is -0.493 e. The van der Waals surface area contributed by atoms with E-state index < -0.39 is 11.9 Å². The highest BCUT2D eigenvalue weighted by atomic mass is 79.9. The average Bonchev–Trinajstić information content (AvgIpc) is 2.58. The third kappa shape index (κ3) is 6.41. The van der Waals surface area contributed by atoms with Crippen LogP contribution in [0.3, 0.4) is 0 Å². The highest BCUT2D eigenvalue weighted by Crippen LogP contribution is 2.34. The van der Waals surface area contributed by atoms with E-state index in [2.05, 4.69) is 21.2 Å². The second kappa shape index (κ2) is 10.5. The van der Waals surface area contributed by atoms with Crippen molar-refractivity contribution in [2.75, 3.05) is 20.3 Å². The number of halogens is 1. The van der Waals surface area contributed by atoms with Gasteiger partial charge in [-0.05, 0) is 44.5 Å². The van der Waals surface area contributed by atoms with Crippen LogP contribution in [0.5, 0.6) is 11.5 Å². The Morgan fingerprint density at radius 1 is 1.35 bits per heavy atom. The molecule has 7 nitrogen and oxygen atoms in total. The molecular formula is C18H21BrN2O5. The van der Waals surface area contributed by atoms with Crippen molar-refractivity contribution in [3.05, 3.63) is 27.7 Å². The van der Waals surface area contributed by atoms with E-state index in [1.165, 1.54) is 13.2 Å². The van der Waals surface area contributed by atoms with E-state index >= 15 is 0 Å². The van der Waals surface area contributed by atoms with Gasteiger partial charge in [-0.2, -0.15) is 5.26 Å². The van der Waals surface area contributed by atoms with Gasteiger partial charge in [0.25, 0.3) is 5.91 Å². The molecule has 0 saturated carbocycles. The molecule has 0 saturated heterocycles. The second-order valence-electron chi connectivity index (χ2n) is 5.42. The second-order valence-corrected chi connectivity index (χ2v) is 6.27. The van der Waals surface area contributed by atoms with Gasteiger partial charge in [0, 0.05) is 10.5 Å². The largest absolute Gasteiger partial charge is 0.493 e. The molecule has 0 aromatic heterocycles. The molecule has 26 heavy (non-hydrogen) atoms. The molecule has 0 aliphatic heterocycles. The molecule has 8 heteroatoms. The zero-order chi connectivity index (χ0) is 19.7. The van der Waals surface area contributed by atoms with Gasteiger partial charge >= 0.3 is 5.97 Å². The van der Waals surface area contributed by atoms with Gasteiger partial charge in [0.1, 0.15) is 11.6 Å². The van der Waals surface area contributed by atoms with Crippen molar-refractivity contribution < 1.29 is 23.8 Å². The van der Waals surface area contributed by atoms with E-state index in [-0.39, 0.29) is 24.8 Å². The Morgan fingerprint density at radius 2 is 2.04 bits per heavy atom. The van der Waals surface area contributed by atoms with E-state index in [4.69, 9.17) is 14.2 Å². The summed E-state index contributed by atoms with van der Waals surface area (Å²) in [5, 5.41) is 11.9. The van der Waals surface area contributed by atoms with E-state index in [0.29, 0.717) is 21.5 Å². The molecule has 1 aromatic carbocycles. The summed E-state index contributed by atoms with van der Waals surface area (Å²) in [6.07, 6.45) is 1.44. The topological polar surface area (TPSA) is 97.7 Å². The van der Waals surface area contributed by atoms with Crippen LogP contribution in [0.25, 0.3) is 6.08 Å². The number of carbonyl (C=O) groups excluding carboxylic acids is 2. The van der Waals surface area contributed by atoms with Crippen molar-refractivity contribution in [2.45, 2.75) is 26.8 Å². The fraction of sp³-hybridized carbons (Fsp3) is 0.389. The van der Waals surface area contributed by atoms with Gasteiger partial charge in [0.05, 0.1) is 13.7 Å². The molecule has 140 valence electrons. The molecule has 0 heterocycles. The third-order valence-corrected chi connectivity index (χ3v) is 3.71. The Morgan fingerprint density at radius 3 is 2.58 bits per heavy atom. The number of esters is 1. The number of carbonyl (C=O) groups is 2. The fourth-order valence-corrected chi connectivity index (χ4v) is 2.35. The van der Waals surface area contributed by atoms with Crippen LogP contribution < -0.4 is 14.8 Å². The van der Waals surface area contributed by atoms with E-state index in [9.17, 15) is 14.9 Å². The number of nitrogens with zero attached hydrogens (tertiary/aromatic N) is 1. The Kier molecular flexibility index (Phi) is 8.65. The molecule has 1 amide bonds. The first-order valence-corrected chi connectivity index (χ1v) is 8.70. The van der Waals surface area contributed by atoms with E-state index in [0.717, 1.165) is 0 Å². The standard InChI is InChI=1S/C18H21BrN2O5/c1-5-25-17(22)10-26-16-8-14(19)12(7-15(16)24-4)6-13(9-20)18(23)21-11(2)3/h6-8,11H,5,10H2,1-4H3,(H,21,23)/b13-6-. The van der Waals surface area contributed by atoms with E-state index in [1.54, 1.807) is 19.1 Å². The van der Waals surface area contributed by atoms with Gasteiger partial charge in [-0.1, -0.05) is 15.9 Å². The average molecular weight is 425 g/mol. The summed E-state index contributed by atoms with van der Waals surface area (Å²) in [6.45, 7) is 5.33. The van der Waals surface area contributed by atoms with Gasteiger partial charge in [-0.15, -0.1) is 0 Å². The Balaban J connectivity index is 3.11. The van der Waals surface area contributed by atoms with Crippen molar-refractivity contribution in [1.29, 1.82) is 5.26 Å². The third-order valence-electron chi connectivity index (χ3n) is 3.02. The molecule has 1 N–H and O–H groups in total. The normalized spacial score (nSPS) is 10.9. The number of benzene rings is 1. The summed E-state index contributed by atoms with van der Waals surface area (Å²) in [6, 6.07) is 5.00. The van der Waals surface area contributed by atoms with Crippen LogP contribution in [-0.4, -0.2) is 38.2 Å². The first-order chi connectivity index (χ1) is 12.3. The molecule has 0 atom stereocenters. The highest BCUT2D eigenvalue weighted by molar-refractivity contribution is 9.10. The maximum Gasteiger partial charge on any atom is 0.344 e. The van der Waals surface area contributed by atoms with Crippen LogP contribution in [0.1, 0.15) is 26.3 Å². The van der Waals surface area contributed by atoms with Gasteiger partial charge < -0.3 is 19.5 Å². The Labute approximate surface area is 161 Å². The lowest BCUT2D eigenvalue weighted by atomic mass is 10.1. The number of ether oxygens (including phenoxy) is 3. The van der Waals surface area contributed by atoms with Gasteiger partial charge in [0.2, 0.25) is 0 Å². The summed E-state index contributed by atoms with van der Waals surface area (Å²) in [7, 11) is 1.45. The van der Waals surface area contributed by atoms with Gasteiger partial charge in [0.15, 0.2) is 18.1 Å². The van der Waals surface area contributed by atoms with Crippen LogP contribution >= 0.6 is 15.9 Å². The zero-order valence-corrected chi connectivity index (χ0v) is 16.7. The lowest BCUT2D eigenvalue weighted by Crippen LogP contribution is -2.30. The summed E-state index contributed by atoms with van der Waals surface area (Å²) < 4.78 is 16.1. The van der Waals surface area contributed by atoms with Crippen LogP contribution in [0.4, 0.5) is 0 Å². The molecule has 0 aliphatic rings. The van der Waals surface area contributed by atoms with Crippen LogP contribution in [0, 0.1) is 11.3 Å². The van der Waals surface area contributed by atoms with E-state index in [1.807, 2.05) is 19.9 Å². The predicted molar refractivity (Wildman–Crippen MR) is 99.7 cm³/mol. The molecule has 0 unspecified atom stereocenters. The number of hydrogen-bond acceptors (Lipinski definition) is 6. The molecule has 0 radical (unpaired) electrons. The van der Waals surface area contributed by atoms with Crippen molar-refractivity contribution in [1.82, 2.24) is 5.32 Å².